The van der Waals surface area contributed by atoms with Gasteiger partial charge >= 0.3 is 5.97 Å². The summed E-state index contributed by atoms with van der Waals surface area (Å²) < 4.78 is 5.72. The van der Waals surface area contributed by atoms with Gasteiger partial charge in [-0.25, -0.2) is 0 Å². The summed E-state index contributed by atoms with van der Waals surface area (Å²) in [6.07, 6.45) is 0.905. The molecule has 0 aromatic heterocycles. The molecule has 33 heavy (non-hydrogen) atoms. The summed E-state index contributed by atoms with van der Waals surface area (Å²) in [5.74, 6) is -0.951. The van der Waals surface area contributed by atoms with Crippen molar-refractivity contribution in [1.82, 2.24) is 0 Å². The predicted octanol–water partition coefficient (Wildman–Crippen LogP) is 4.99. The van der Waals surface area contributed by atoms with Crippen molar-refractivity contribution < 1.29 is 19.4 Å². The maximum atomic E-state index is 13.8. The first kappa shape index (κ1) is 22.3. The Morgan fingerprint density at radius 1 is 1.03 bits per heavy atom. The third-order valence-electron chi connectivity index (χ3n) is 6.59. The van der Waals surface area contributed by atoms with Gasteiger partial charge in [0.2, 0.25) is 0 Å². The van der Waals surface area contributed by atoms with E-state index in [-0.39, 0.29) is 31.0 Å². The molecule has 1 aliphatic carbocycles. The van der Waals surface area contributed by atoms with Crippen LogP contribution in [-0.2, 0) is 26.3 Å². The van der Waals surface area contributed by atoms with E-state index in [1.54, 1.807) is 24.3 Å². The second-order valence-electron chi connectivity index (χ2n) is 8.52. The average molecular weight is 440 g/mol. The van der Waals surface area contributed by atoms with Crippen molar-refractivity contribution in [2.24, 2.45) is 5.41 Å². The Balaban J connectivity index is 1.90. The van der Waals surface area contributed by atoms with E-state index in [4.69, 9.17) is 4.74 Å². The van der Waals surface area contributed by atoms with E-state index in [1.807, 2.05) is 49.4 Å². The number of aromatic hydroxyl groups is 1. The maximum Gasteiger partial charge on any atom is 0.322 e. The van der Waals surface area contributed by atoms with E-state index in [0.29, 0.717) is 17.5 Å². The Bertz CT molecular complexity index is 1150. The number of ether oxygens (including phenoxy) is 1. The van der Waals surface area contributed by atoms with Gasteiger partial charge in [-0.1, -0.05) is 72.3 Å². The summed E-state index contributed by atoms with van der Waals surface area (Å²) in [6, 6.07) is 25.1. The van der Waals surface area contributed by atoms with Crippen molar-refractivity contribution in [3.8, 4) is 11.8 Å². The van der Waals surface area contributed by atoms with Crippen molar-refractivity contribution in [2.75, 3.05) is 0 Å². The Kier molecular flexibility index (Phi) is 6.02. The fourth-order valence-electron chi connectivity index (χ4n) is 4.88. The molecule has 2 atom stereocenters. The number of benzene rings is 3. The molecule has 4 rings (SSSR count). The smallest absolute Gasteiger partial charge is 0.322 e. The van der Waals surface area contributed by atoms with E-state index < -0.39 is 16.8 Å². The van der Waals surface area contributed by atoms with Crippen LogP contribution in [0.15, 0.2) is 78.9 Å². The predicted molar refractivity (Wildman–Crippen MR) is 123 cm³/mol. The van der Waals surface area contributed by atoms with Crippen LogP contribution < -0.4 is 0 Å². The quantitative estimate of drug-likeness (QED) is 0.432. The number of aryl methyl sites for hydroxylation is 1. The highest BCUT2D eigenvalue weighted by molar-refractivity contribution is 6.08. The van der Waals surface area contributed by atoms with Gasteiger partial charge in [-0.3, -0.25) is 9.59 Å². The minimum atomic E-state index is -1.69. The molecule has 5 heteroatoms. The molecule has 0 amide bonds. The molecule has 1 N–H and O–H groups in total. The Morgan fingerprint density at radius 3 is 2.18 bits per heavy atom. The molecule has 0 heterocycles. The number of rotatable bonds is 6. The van der Waals surface area contributed by atoms with Gasteiger partial charge in [-0.2, -0.15) is 5.26 Å². The van der Waals surface area contributed by atoms with Crippen molar-refractivity contribution in [3.05, 3.63) is 101 Å². The fourth-order valence-corrected chi connectivity index (χ4v) is 4.88. The minimum Gasteiger partial charge on any atom is -0.508 e. The molecule has 3 aromatic rings. The molecule has 0 aliphatic heterocycles. The zero-order valence-corrected chi connectivity index (χ0v) is 18.5. The van der Waals surface area contributed by atoms with Crippen LogP contribution in [0.1, 0.15) is 41.5 Å². The number of nitriles is 1. The summed E-state index contributed by atoms with van der Waals surface area (Å²) in [5, 5.41) is 20.6. The highest BCUT2D eigenvalue weighted by Crippen LogP contribution is 2.55. The van der Waals surface area contributed by atoms with E-state index in [2.05, 4.69) is 6.07 Å². The van der Waals surface area contributed by atoms with Crippen LogP contribution in [0.3, 0.4) is 0 Å². The lowest BCUT2D eigenvalue weighted by atomic mass is 9.56. The van der Waals surface area contributed by atoms with Gasteiger partial charge in [0.25, 0.3) is 0 Å². The van der Waals surface area contributed by atoms with Gasteiger partial charge in [-0.15, -0.1) is 0 Å². The van der Waals surface area contributed by atoms with Gasteiger partial charge in [0.15, 0.2) is 11.2 Å². The Labute approximate surface area is 193 Å². The van der Waals surface area contributed by atoms with Gasteiger partial charge in [0.1, 0.15) is 17.8 Å². The Hall–Kier alpha value is -3.91. The van der Waals surface area contributed by atoms with E-state index in [0.717, 1.165) is 11.1 Å². The van der Waals surface area contributed by atoms with Crippen molar-refractivity contribution in [1.29, 1.82) is 5.26 Å². The van der Waals surface area contributed by atoms with Gasteiger partial charge in [0.05, 0.1) is 6.07 Å². The first-order valence-corrected chi connectivity index (χ1v) is 11.0. The molecule has 1 aliphatic rings. The molecular weight excluding hydrogens is 414 g/mol. The molecule has 166 valence electrons. The lowest BCUT2D eigenvalue weighted by Gasteiger charge is -2.41. The fraction of sp³-hybridized carbons (Fsp3) is 0.250. The van der Waals surface area contributed by atoms with Crippen molar-refractivity contribution in [2.45, 2.75) is 38.2 Å². The zero-order valence-electron chi connectivity index (χ0n) is 18.5. The molecule has 5 nitrogen and oxygen atoms in total. The summed E-state index contributed by atoms with van der Waals surface area (Å²) in [6.45, 7) is 1.95. The number of ketones is 1. The maximum absolute atomic E-state index is 13.8. The molecule has 0 bridgehead atoms. The number of carbonyl (C=O) groups is 2. The summed E-state index contributed by atoms with van der Waals surface area (Å²) in [7, 11) is 0. The standard InChI is InChI=1S/C28H25NO4/c1-20-9-11-22(12-10-20)28(19-29,23-13-15-24(30)16-14-23)27(17-5-8-25(27)31)26(32)33-18-21-6-3-2-4-7-21/h2-4,6-7,9-16,30H,5,8,17-18H2,1H3/t27-,28-/m0/s1. The summed E-state index contributed by atoms with van der Waals surface area (Å²) in [4.78, 5) is 27.3. The number of hydrogen-bond acceptors (Lipinski definition) is 5. The molecule has 1 fully saturated rings. The first-order valence-electron chi connectivity index (χ1n) is 11.0. The van der Waals surface area contributed by atoms with E-state index in [9.17, 15) is 20.0 Å². The lowest BCUT2D eigenvalue weighted by Crippen LogP contribution is -2.54. The number of Topliss-reactive ketones (excluding diaryl/α,β-unsaturated/α-hetero) is 1. The Morgan fingerprint density at radius 2 is 1.64 bits per heavy atom. The largest absolute Gasteiger partial charge is 0.508 e. The zero-order chi connectivity index (χ0) is 23.5. The number of phenols is 1. The number of esters is 1. The molecule has 0 radical (unpaired) electrons. The van der Waals surface area contributed by atoms with Crippen LogP contribution >= 0.6 is 0 Å². The van der Waals surface area contributed by atoms with Crippen LogP contribution in [0.5, 0.6) is 5.75 Å². The number of nitrogens with zero attached hydrogens (tertiary/aromatic N) is 1. The highest BCUT2D eigenvalue weighted by Gasteiger charge is 2.66. The molecule has 0 spiro atoms. The first-order chi connectivity index (χ1) is 15.9. The third-order valence-corrected chi connectivity index (χ3v) is 6.59. The van der Waals surface area contributed by atoms with Gasteiger partial charge in [0, 0.05) is 6.42 Å². The van der Waals surface area contributed by atoms with E-state index >= 15 is 0 Å². The van der Waals surface area contributed by atoms with Crippen LogP contribution in [0.2, 0.25) is 0 Å². The van der Waals surface area contributed by atoms with Crippen LogP contribution in [0.25, 0.3) is 0 Å². The monoisotopic (exact) mass is 439 g/mol. The van der Waals surface area contributed by atoms with Gasteiger partial charge < -0.3 is 9.84 Å². The van der Waals surface area contributed by atoms with Gasteiger partial charge in [-0.05, 0) is 48.6 Å². The number of carbonyl (C=O) groups excluding carboxylic acids is 2. The number of phenolic OH excluding ortho intramolecular Hbond substituents is 1. The molecule has 1 saturated carbocycles. The lowest BCUT2D eigenvalue weighted by molar-refractivity contribution is -0.163. The highest BCUT2D eigenvalue weighted by atomic mass is 16.5. The van der Waals surface area contributed by atoms with Crippen molar-refractivity contribution in [3.63, 3.8) is 0 Å². The minimum absolute atomic E-state index is 0.0136. The van der Waals surface area contributed by atoms with Crippen molar-refractivity contribution >= 4 is 11.8 Å². The number of hydrogen-bond donors (Lipinski definition) is 1. The average Bonchev–Trinajstić information content (AvgIpc) is 3.23. The molecular formula is C28H25NO4. The van der Waals surface area contributed by atoms with Crippen LogP contribution in [-0.4, -0.2) is 16.9 Å². The molecule has 0 saturated heterocycles. The second-order valence-corrected chi connectivity index (χ2v) is 8.52. The molecule has 3 aromatic carbocycles. The topological polar surface area (TPSA) is 87.4 Å². The summed E-state index contributed by atoms with van der Waals surface area (Å²) >= 11 is 0. The second kappa shape index (κ2) is 8.91. The summed E-state index contributed by atoms with van der Waals surface area (Å²) in [5.41, 5.74) is -0.478. The third kappa shape index (κ3) is 3.68. The van der Waals surface area contributed by atoms with Crippen LogP contribution in [0, 0.1) is 23.7 Å². The van der Waals surface area contributed by atoms with E-state index in [1.165, 1.54) is 12.1 Å². The molecule has 0 unspecified atom stereocenters. The normalized spacial score (nSPS) is 19.5. The van der Waals surface area contributed by atoms with Crippen LogP contribution in [0.4, 0.5) is 0 Å². The SMILES string of the molecule is Cc1ccc([C@@](C#N)(c2ccc(O)cc2)[C@@]2(C(=O)OCc3ccccc3)CCCC2=O)cc1.